The normalized spacial score (nSPS) is 28.2. The number of hydrogen-bond acceptors (Lipinski definition) is 2. The summed E-state index contributed by atoms with van der Waals surface area (Å²) in [6, 6.07) is -0.425. The molecule has 2 N–H and O–H groups in total. The van der Waals surface area contributed by atoms with Gasteiger partial charge in [-0.25, -0.2) is 0 Å². The summed E-state index contributed by atoms with van der Waals surface area (Å²) in [5.74, 6) is -0.391. The zero-order chi connectivity index (χ0) is 8.43. The predicted molar refractivity (Wildman–Crippen MR) is 39.5 cm³/mol. The van der Waals surface area contributed by atoms with Crippen molar-refractivity contribution in [2.24, 2.45) is 0 Å². The van der Waals surface area contributed by atoms with Gasteiger partial charge in [-0.15, -0.1) is 0 Å². The van der Waals surface area contributed by atoms with Crippen molar-refractivity contribution in [3.8, 4) is 0 Å². The van der Waals surface area contributed by atoms with Gasteiger partial charge in [0, 0.05) is 0 Å². The van der Waals surface area contributed by atoms with Crippen LogP contribution in [0.3, 0.4) is 0 Å². The molecule has 1 heterocycles. The second-order valence-electron chi connectivity index (χ2n) is 2.39. The van der Waals surface area contributed by atoms with E-state index in [-0.39, 0.29) is 11.8 Å². The van der Waals surface area contributed by atoms with Gasteiger partial charge in [0.2, 0.25) is 5.91 Å². The first-order chi connectivity index (χ1) is 5.15. The van der Waals surface area contributed by atoms with E-state index in [1.54, 1.807) is 19.9 Å². The SMILES string of the molecule is C/C=C1\NC(=O)[C@H](C)NC1=O. The monoisotopic (exact) mass is 154 g/mol. The van der Waals surface area contributed by atoms with Crippen LogP contribution in [0.1, 0.15) is 13.8 Å². The standard InChI is InChI=1S/C7H10N2O2/c1-3-5-7(11)8-4(2)6(10)9-5/h3-4H,1-2H3,(H,8,11)(H,9,10)/b5-3-/t4-/m0/s1. The summed E-state index contributed by atoms with van der Waals surface area (Å²) in [6.45, 7) is 3.34. The van der Waals surface area contributed by atoms with Crippen molar-refractivity contribution in [2.45, 2.75) is 19.9 Å². The van der Waals surface area contributed by atoms with E-state index in [9.17, 15) is 9.59 Å². The second-order valence-corrected chi connectivity index (χ2v) is 2.39. The van der Waals surface area contributed by atoms with E-state index in [0.29, 0.717) is 5.70 Å². The highest BCUT2D eigenvalue weighted by molar-refractivity contribution is 6.04. The molecule has 1 fully saturated rings. The second kappa shape index (κ2) is 2.74. The highest BCUT2D eigenvalue weighted by atomic mass is 16.2. The fourth-order valence-electron chi connectivity index (χ4n) is 0.841. The Morgan fingerprint density at radius 3 is 2.64 bits per heavy atom. The van der Waals surface area contributed by atoms with E-state index < -0.39 is 6.04 Å². The van der Waals surface area contributed by atoms with Gasteiger partial charge < -0.3 is 10.6 Å². The van der Waals surface area contributed by atoms with Crippen LogP contribution in [0.2, 0.25) is 0 Å². The van der Waals surface area contributed by atoms with Crippen molar-refractivity contribution in [1.82, 2.24) is 10.6 Å². The zero-order valence-electron chi connectivity index (χ0n) is 6.47. The van der Waals surface area contributed by atoms with Crippen molar-refractivity contribution >= 4 is 11.8 Å². The van der Waals surface area contributed by atoms with Crippen LogP contribution in [0.4, 0.5) is 0 Å². The molecule has 0 unspecified atom stereocenters. The maximum absolute atomic E-state index is 11.0. The number of nitrogens with one attached hydrogen (secondary N) is 2. The Labute approximate surface area is 64.7 Å². The van der Waals surface area contributed by atoms with Gasteiger partial charge in [-0.2, -0.15) is 0 Å². The number of hydrogen-bond donors (Lipinski definition) is 2. The number of carbonyl (C=O) groups excluding carboxylic acids is 2. The van der Waals surface area contributed by atoms with Gasteiger partial charge in [-0.1, -0.05) is 6.08 Å². The molecule has 1 aliphatic heterocycles. The topological polar surface area (TPSA) is 58.2 Å². The van der Waals surface area contributed by atoms with Crippen LogP contribution in [0.5, 0.6) is 0 Å². The predicted octanol–water partition coefficient (Wildman–Crippen LogP) is -0.475. The fraction of sp³-hybridized carbons (Fsp3) is 0.429. The van der Waals surface area contributed by atoms with Crippen molar-refractivity contribution in [1.29, 1.82) is 0 Å². The van der Waals surface area contributed by atoms with Crippen molar-refractivity contribution < 1.29 is 9.59 Å². The molecular formula is C7H10N2O2. The van der Waals surface area contributed by atoms with E-state index in [1.807, 2.05) is 0 Å². The first-order valence-corrected chi connectivity index (χ1v) is 3.43. The lowest BCUT2D eigenvalue weighted by Gasteiger charge is -2.21. The molecule has 4 heteroatoms. The summed E-state index contributed by atoms with van der Waals surface area (Å²) in [5.41, 5.74) is 0.327. The molecule has 1 atom stereocenters. The summed E-state index contributed by atoms with van der Waals surface area (Å²) in [6.07, 6.45) is 1.57. The highest BCUT2D eigenvalue weighted by Crippen LogP contribution is 1.98. The van der Waals surface area contributed by atoms with Gasteiger partial charge in [-0.05, 0) is 13.8 Å². The van der Waals surface area contributed by atoms with Crippen LogP contribution in [0.25, 0.3) is 0 Å². The number of amides is 2. The summed E-state index contributed by atoms with van der Waals surface area (Å²) in [7, 11) is 0. The lowest BCUT2D eigenvalue weighted by Crippen LogP contribution is -2.53. The van der Waals surface area contributed by atoms with Crippen molar-refractivity contribution in [3.05, 3.63) is 11.8 Å². The molecule has 4 nitrogen and oxygen atoms in total. The molecule has 1 rings (SSSR count). The molecule has 0 spiro atoms. The van der Waals surface area contributed by atoms with Gasteiger partial charge in [0.15, 0.2) is 0 Å². The van der Waals surface area contributed by atoms with Crippen molar-refractivity contribution in [2.75, 3.05) is 0 Å². The lowest BCUT2D eigenvalue weighted by molar-refractivity contribution is -0.130. The Balaban J connectivity index is 2.78. The average molecular weight is 154 g/mol. The van der Waals surface area contributed by atoms with Crippen LogP contribution >= 0.6 is 0 Å². The van der Waals surface area contributed by atoms with Gasteiger partial charge in [-0.3, -0.25) is 9.59 Å². The third-order valence-electron chi connectivity index (χ3n) is 1.53. The Morgan fingerprint density at radius 2 is 2.09 bits per heavy atom. The molecule has 1 saturated heterocycles. The summed E-state index contributed by atoms with van der Waals surface area (Å²) < 4.78 is 0. The quantitative estimate of drug-likeness (QED) is 0.463. The third kappa shape index (κ3) is 1.39. The molecule has 0 aromatic carbocycles. The number of piperazine rings is 1. The number of carbonyl (C=O) groups is 2. The van der Waals surface area contributed by atoms with E-state index >= 15 is 0 Å². The zero-order valence-corrected chi connectivity index (χ0v) is 6.47. The number of rotatable bonds is 0. The van der Waals surface area contributed by atoms with E-state index in [1.165, 1.54) is 0 Å². The minimum absolute atomic E-state index is 0.169. The Kier molecular flexibility index (Phi) is 1.94. The first kappa shape index (κ1) is 7.78. The lowest BCUT2D eigenvalue weighted by atomic mass is 10.2. The van der Waals surface area contributed by atoms with E-state index in [0.717, 1.165) is 0 Å². The Morgan fingerprint density at radius 1 is 1.45 bits per heavy atom. The molecule has 1 aliphatic rings. The average Bonchev–Trinajstić information content (AvgIpc) is 1.97. The van der Waals surface area contributed by atoms with Crippen LogP contribution < -0.4 is 10.6 Å². The Hall–Kier alpha value is -1.32. The molecule has 0 aromatic rings. The summed E-state index contributed by atoms with van der Waals surface area (Å²) >= 11 is 0. The van der Waals surface area contributed by atoms with Crippen LogP contribution in [0.15, 0.2) is 11.8 Å². The van der Waals surface area contributed by atoms with Gasteiger partial charge in [0.25, 0.3) is 5.91 Å². The molecule has 0 aliphatic carbocycles. The molecular weight excluding hydrogens is 144 g/mol. The fourth-order valence-corrected chi connectivity index (χ4v) is 0.841. The summed E-state index contributed by atoms with van der Waals surface area (Å²) in [5, 5.41) is 4.99. The molecule has 0 aromatic heterocycles. The molecule has 0 bridgehead atoms. The molecule has 2 amide bonds. The molecule has 0 radical (unpaired) electrons. The van der Waals surface area contributed by atoms with Crippen molar-refractivity contribution in [3.63, 3.8) is 0 Å². The minimum atomic E-state index is -0.425. The maximum Gasteiger partial charge on any atom is 0.268 e. The van der Waals surface area contributed by atoms with E-state index in [2.05, 4.69) is 10.6 Å². The van der Waals surface area contributed by atoms with Gasteiger partial charge >= 0.3 is 0 Å². The molecule has 60 valence electrons. The molecule has 11 heavy (non-hydrogen) atoms. The third-order valence-corrected chi connectivity index (χ3v) is 1.53. The van der Waals surface area contributed by atoms with Gasteiger partial charge in [0.05, 0.1) is 0 Å². The first-order valence-electron chi connectivity index (χ1n) is 3.43. The number of allylic oxidation sites excluding steroid dienone is 1. The van der Waals surface area contributed by atoms with Gasteiger partial charge in [0.1, 0.15) is 11.7 Å². The summed E-state index contributed by atoms with van der Waals surface area (Å²) in [4.78, 5) is 21.9. The van der Waals surface area contributed by atoms with Crippen LogP contribution in [-0.2, 0) is 9.59 Å². The highest BCUT2D eigenvalue weighted by Gasteiger charge is 2.24. The maximum atomic E-state index is 11.0. The molecule has 0 saturated carbocycles. The van der Waals surface area contributed by atoms with Crippen LogP contribution in [0, 0.1) is 0 Å². The Bertz CT molecular complexity index is 233. The van der Waals surface area contributed by atoms with Crippen LogP contribution in [-0.4, -0.2) is 17.9 Å². The smallest absolute Gasteiger partial charge is 0.268 e. The van der Waals surface area contributed by atoms with E-state index in [4.69, 9.17) is 0 Å². The minimum Gasteiger partial charge on any atom is -0.339 e. The largest absolute Gasteiger partial charge is 0.339 e.